The number of rotatable bonds is 6. The SMILES string of the molecule is CCOC(=O)c1ccc(NCCN(C)C)cc1. The highest BCUT2D eigenvalue weighted by atomic mass is 16.5. The minimum atomic E-state index is -0.271. The van der Waals surface area contributed by atoms with Gasteiger partial charge in [0, 0.05) is 18.8 Å². The molecule has 1 rings (SSSR count). The fourth-order valence-corrected chi connectivity index (χ4v) is 1.36. The summed E-state index contributed by atoms with van der Waals surface area (Å²) in [5.41, 5.74) is 1.60. The molecule has 0 amide bonds. The van der Waals surface area contributed by atoms with Crippen molar-refractivity contribution >= 4 is 11.7 Å². The predicted molar refractivity (Wildman–Crippen MR) is 69.4 cm³/mol. The summed E-state index contributed by atoms with van der Waals surface area (Å²) in [7, 11) is 4.07. The number of esters is 1. The monoisotopic (exact) mass is 236 g/mol. The molecule has 0 aliphatic carbocycles. The van der Waals surface area contributed by atoms with E-state index in [1.54, 1.807) is 19.1 Å². The fraction of sp³-hybridized carbons (Fsp3) is 0.462. The van der Waals surface area contributed by atoms with E-state index in [-0.39, 0.29) is 5.97 Å². The van der Waals surface area contributed by atoms with Crippen molar-refractivity contribution in [1.82, 2.24) is 4.90 Å². The van der Waals surface area contributed by atoms with Gasteiger partial charge in [-0.15, -0.1) is 0 Å². The molecule has 0 unspecified atom stereocenters. The van der Waals surface area contributed by atoms with Crippen LogP contribution in [-0.4, -0.2) is 44.7 Å². The molecule has 17 heavy (non-hydrogen) atoms. The van der Waals surface area contributed by atoms with Gasteiger partial charge in [-0.2, -0.15) is 0 Å². The van der Waals surface area contributed by atoms with Gasteiger partial charge in [-0.25, -0.2) is 4.79 Å². The number of ether oxygens (including phenoxy) is 1. The molecule has 1 N–H and O–H groups in total. The van der Waals surface area contributed by atoms with E-state index in [4.69, 9.17) is 4.74 Å². The third-order valence-electron chi connectivity index (χ3n) is 2.28. The lowest BCUT2D eigenvalue weighted by Crippen LogP contribution is -2.20. The van der Waals surface area contributed by atoms with E-state index in [0.29, 0.717) is 12.2 Å². The molecule has 0 atom stereocenters. The summed E-state index contributed by atoms with van der Waals surface area (Å²) in [5.74, 6) is -0.271. The molecule has 0 aliphatic rings. The lowest BCUT2D eigenvalue weighted by molar-refractivity contribution is 0.0526. The summed E-state index contributed by atoms with van der Waals surface area (Å²) >= 11 is 0. The first-order valence-electron chi connectivity index (χ1n) is 5.79. The topological polar surface area (TPSA) is 41.6 Å². The number of hydrogen-bond acceptors (Lipinski definition) is 4. The Balaban J connectivity index is 2.47. The second-order valence-electron chi connectivity index (χ2n) is 4.03. The average Bonchev–Trinajstić information content (AvgIpc) is 2.30. The Kier molecular flexibility index (Phi) is 5.49. The summed E-state index contributed by atoms with van der Waals surface area (Å²) in [6.45, 7) is 4.06. The molecule has 0 aromatic heterocycles. The molecule has 0 heterocycles. The third kappa shape index (κ3) is 4.87. The first-order chi connectivity index (χ1) is 8.13. The lowest BCUT2D eigenvalue weighted by atomic mass is 10.2. The summed E-state index contributed by atoms with van der Waals surface area (Å²) < 4.78 is 4.91. The third-order valence-corrected chi connectivity index (χ3v) is 2.28. The van der Waals surface area contributed by atoms with Crippen molar-refractivity contribution in [2.45, 2.75) is 6.92 Å². The molecule has 0 saturated carbocycles. The quantitative estimate of drug-likeness (QED) is 0.765. The molecular weight excluding hydrogens is 216 g/mol. The minimum Gasteiger partial charge on any atom is -0.462 e. The first-order valence-corrected chi connectivity index (χ1v) is 5.79. The predicted octanol–water partition coefficient (Wildman–Crippen LogP) is 1.84. The standard InChI is InChI=1S/C13H20N2O2/c1-4-17-13(16)11-5-7-12(8-6-11)14-9-10-15(2)3/h5-8,14H,4,9-10H2,1-3H3. The van der Waals surface area contributed by atoms with Gasteiger partial charge in [-0.3, -0.25) is 0 Å². The van der Waals surface area contributed by atoms with E-state index < -0.39 is 0 Å². The molecule has 0 aliphatic heterocycles. The highest BCUT2D eigenvalue weighted by molar-refractivity contribution is 5.89. The zero-order valence-electron chi connectivity index (χ0n) is 10.7. The molecule has 4 nitrogen and oxygen atoms in total. The number of carbonyl (C=O) groups is 1. The van der Waals surface area contributed by atoms with E-state index in [0.717, 1.165) is 18.8 Å². The van der Waals surface area contributed by atoms with Crippen molar-refractivity contribution in [3.05, 3.63) is 29.8 Å². The van der Waals surface area contributed by atoms with Crippen LogP contribution >= 0.6 is 0 Å². The van der Waals surface area contributed by atoms with Gasteiger partial charge in [0.15, 0.2) is 0 Å². The average molecular weight is 236 g/mol. The smallest absolute Gasteiger partial charge is 0.338 e. The maximum Gasteiger partial charge on any atom is 0.338 e. The molecule has 1 aromatic carbocycles. The molecule has 0 fully saturated rings. The molecular formula is C13H20N2O2. The second kappa shape index (κ2) is 6.91. The van der Waals surface area contributed by atoms with Crippen LogP contribution in [0.5, 0.6) is 0 Å². The maximum atomic E-state index is 11.4. The van der Waals surface area contributed by atoms with Gasteiger partial charge in [0.1, 0.15) is 0 Å². The van der Waals surface area contributed by atoms with Crippen molar-refractivity contribution in [1.29, 1.82) is 0 Å². The molecule has 0 radical (unpaired) electrons. The van der Waals surface area contributed by atoms with Crippen molar-refractivity contribution in [3.8, 4) is 0 Å². The number of benzene rings is 1. The van der Waals surface area contributed by atoms with E-state index in [1.165, 1.54) is 0 Å². The largest absolute Gasteiger partial charge is 0.462 e. The molecule has 1 aromatic rings. The number of hydrogen-bond donors (Lipinski definition) is 1. The summed E-state index contributed by atoms with van der Waals surface area (Å²) in [6.07, 6.45) is 0. The maximum absolute atomic E-state index is 11.4. The van der Waals surface area contributed by atoms with Crippen LogP contribution in [0.4, 0.5) is 5.69 Å². The Morgan fingerprint density at radius 3 is 2.47 bits per heavy atom. The lowest BCUT2D eigenvalue weighted by Gasteiger charge is -2.11. The molecule has 94 valence electrons. The van der Waals surface area contributed by atoms with Crippen LogP contribution in [0, 0.1) is 0 Å². The number of carbonyl (C=O) groups excluding carboxylic acids is 1. The van der Waals surface area contributed by atoms with Gasteiger partial charge < -0.3 is 15.0 Å². The number of likely N-dealkylation sites (N-methyl/N-ethyl adjacent to an activating group) is 1. The van der Waals surface area contributed by atoms with Gasteiger partial charge in [0.2, 0.25) is 0 Å². The van der Waals surface area contributed by atoms with Gasteiger partial charge in [0.25, 0.3) is 0 Å². The van der Waals surface area contributed by atoms with Crippen molar-refractivity contribution in [2.75, 3.05) is 39.1 Å². The van der Waals surface area contributed by atoms with E-state index in [9.17, 15) is 4.79 Å². The van der Waals surface area contributed by atoms with E-state index in [2.05, 4.69) is 10.2 Å². The fourth-order valence-electron chi connectivity index (χ4n) is 1.36. The zero-order valence-corrected chi connectivity index (χ0v) is 10.7. The van der Waals surface area contributed by atoms with Crippen LogP contribution in [0.3, 0.4) is 0 Å². The van der Waals surface area contributed by atoms with Gasteiger partial charge in [0.05, 0.1) is 12.2 Å². The highest BCUT2D eigenvalue weighted by Gasteiger charge is 2.05. The molecule has 0 bridgehead atoms. The van der Waals surface area contributed by atoms with Gasteiger partial charge in [-0.05, 0) is 45.3 Å². The van der Waals surface area contributed by atoms with Crippen LogP contribution in [0.1, 0.15) is 17.3 Å². The summed E-state index contributed by atoms with van der Waals surface area (Å²) in [4.78, 5) is 13.5. The molecule has 4 heteroatoms. The summed E-state index contributed by atoms with van der Waals surface area (Å²) in [5, 5.41) is 3.28. The Labute approximate surface area is 103 Å². The molecule has 0 spiro atoms. The van der Waals surface area contributed by atoms with Crippen LogP contribution < -0.4 is 5.32 Å². The van der Waals surface area contributed by atoms with Crippen LogP contribution in [0.25, 0.3) is 0 Å². The van der Waals surface area contributed by atoms with E-state index >= 15 is 0 Å². The van der Waals surface area contributed by atoms with E-state index in [1.807, 2.05) is 26.2 Å². The van der Waals surface area contributed by atoms with Crippen LogP contribution in [0.2, 0.25) is 0 Å². The Hall–Kier alpha value is -1.55. The Bertz CT molecular complexity index is 347. The van der Waals surface area contributed by atoms with Crippen molar-refractivity contribution in [3.63, 3.8) is 0 Å². The molecule has 0 saturated heterocycles. The highest BCUT2D eigenvalue weighted by Crippen LogP contribution is 2.10. The van der Waals surface area contributed by atoms with Crippen molar-refractivity contribution in [2.24, 2.45) is 0 Å². The van der Waals surface area contributed by atoms with Gasteiger partial charge in [-0.1, -0.05) is 0 Å². The normalized spacial score (nSPS) is 10.4. The van der Waals surface area contributed by atoms with Crippen LogP contribution in [-0.2, 0) is 4.74 Å². The van der Waals surface area contributed by atoms with Gasteiger partial charge >= 0.3 is 5.97 Å². The Morgan fingerprint density at radius 1 is 1.29 bits per heavy atom. The minimum absolute atomic E-state index is 0.271. The van der Waals surface area contributed by atoms with Crippen molar-refractivity contribution < 1.29 is 9.53 Å². The second-order valence-corrected chi connectivity index (χ2v) is 4.03. The van der Waals surface area contributed by atoms with Crippen LogP contribution in [0.15, 0.2) is 24.3 Å². The Morgan fingerprint density at radius 2 is 1.94 bits per heavy atom. The number of anilines is 1. The number of nitrogens with zero attached hydrogens (tertiary/aromatic N) is 1. The zero-order chi connectivity index (χ0) is 12.7. The summed E-state index contributed by atoms with van der Waals surface area (Å²) in [6, 6.07) is 7.33. The first kappa shape index (κ1) is 13.5. The number of nitrogens with one attached hydrogen (secondary N) is 1.